The number of aryl methyl sites for hydroxylation is 2. The average molecular weight is 316 g/mol. The van der Waals surface area contributed by atoms with E-state index in [2.05, 4.69) is 42.9 Å². The zero-order valence-corrected chi connectivity index (χ0v) is 14.4. The lowest BCUT2D eigenvalue weighted by Gasteiger charge is -1.99. The van der Waals surface area contributed by atoms with Crippen LogP contribution in [0.15, 0.2) is 24.5 Å². The van der Waals surface area contributed by atoms with Crippen molar-refractivity contribution in [2.75, 3.05) is 6.26 Å². The molecule has 0 fully saturated rings. The van der Waals surface area contributed by atoms with Gasteiger partial charge in [0.05, 0.1) is 6.26 Å². The molecule has 5 heteroatoms. The number of pyridine rings is 1. The second-order valence-electron chi connectivity index (χ2n) is 5.34. The van der Waals surface area contributed by atoms with Crippen LogP contribution in [0.4, 0.5) is 0 Å². The summed E-state index contributed by atoms with van der Waals surface area (Å²) in [5, 5.41) is 0. The minimum atomic E-state index is -3.67. The van der Waals surface area contributed by atoms with E-state index in [1.807, 2.05) is 0 Å². The van der Waals surface area contributed by atoms with Crippen molar-refractivity contribution < 1.29 is 17.5 Å². The van der Waals surface area contributed by atoms with Crippen LogP contribution in [-0.4, -0.2) is 19.2 Å². The largest absolute Gasteiger partial charge is 0.286 e. The van der Waals surface area contributed by atoms with E-state index in [1.165, 1.54) is 57.1 Å². The number of unbranched alkanes of at least 4 members (excludes halogenated alkanes) is 4. The molecule has 1 aromatic rings. The first-order valence-electron chi connectivity index (χ1n) is 7.77. The Labute approximate surface area is 130 Å². The lowest BCUT2D eigenvalue weighted by Crippen LogP contribution is -2.32. The van der Waals surface area contributed by atoms with Crippen molar-refractivity contribution in [2.24, 2.45) is 0 Å². The first kappa shape index (κ1) is 20.1. The van der Waals surface area contributed by atoms with E-state index in [4.69, 9.17) is 4.55 Å². The van der Waals surface area contributed by atoms with Gasteiger partial charge < -0.3 is 0 Å². The molecule has 0 amide bonds. The monoisotopic (exact) mass is 316 g/mol. The fourth-order valence-electron chi connectivity index (χ4n) is 1.99. The van der Waals surface area contributed by atoms with Crippen molar-refractivity contribution in [3.63, 3.8) is 0 Å². The summed E-state index contributed by atoms with van der Waals surface area (Å²) in [6.07, 6.45) is 14.4. The van der Waals surface area contributed by atoms with Crippen molar-refractivity contribution in [1.29, 1.82) is 0 Å². The van der Waals surface area contributed by atoms with Crippen LogP contribution in [0, 0.1) is 0 Å². The summed E-state index contributed by atoms with van der Waals surface area (Å²) < 4.78 is 28.2. The van der Waals surface area contributed by atoms with Gasteiger partial charge in [0.1, 0.15) is 6.54 Å². The van der Waals surface area contributed by atoms with E-state index in [0.717, 1.165) is 0 Å². The summed E-state index contributed by atoms with van der Waals surface area (Å²) in [5.41, 5.74) is 1.46. The van der Waals surface area contributed by atoms with E-state index in [0.29, 0.717) is 6.26 Å². The number of hydrogen-bond donors (Lipinski definition) is 1. The highest BCUT2D eigenvalue weighted by atomic mass is 32.2. The van der Waals surface area contributed by atoms with Gasteiger partial charge in [0.2, 0.25) is 0 Å². The van der Waals surface area contributed by atoms with Crippen molar-refractivity contribution in [3.8, 4) is 0 Å². The molecule has 21 heavy (non-hydrogen) atoms. The summed E-state index contributed by atoms with van der Waals surface area (Å²) in [5.74, 6) is 0. The smallest absolute Gasteiger partial charge is 0.261 e. The molecule has 0 spiro atoms. The second kappa shape index (κ2) is 11.7. The van der Waals surface area contributed by atoms with Crippen molar-refractivity contribution in [2.45, 2.75) is 65.3 Å². The third-order valence-corrected chi connectivity index (χ3v) is 3.02. The molecule has 0 aromatic carbocycles. The average Bonchev–Trinajstić information content (AvgIpc) is 2.39. The predicted molar refractivity (Wildman–Crippen MR) is 86.9 cm³/mol. The van der Waals surface area contributed by atoms with Crippen LogP contribution in [0.5, 0.6) is 0 Å². The highest BCUT2D eigenvalue weighted by Gasteiger charge is 2.00. The van der Waals surface area contributed by atoms with Gasteiger partial charge in [-0.15, -0.1) is 0 Å². The van der Waals surface area contributed by atoms with Crippen molar-refractivity contribution >= 4 is 10.1 Å². The maximum Gasteiger partial charge on any atom is 0.261 e. The van der Waals surface area contributed by atoms with Gasteiger partial charge in [-0.2, -0.15) is 8.42 Å². The van der Waals surface area contributed by atoms with Gasteiger partial charge >= 0.3 is 0 Å². The molecule has 0 radical (unpaired) electrons. The molecule has 1 rings (SSSR count). The molecule has 1 heterocycles. The van der Waals surface area contributed by atoms with Crippen molar-refractivity contribution in [3.05, 3.63) is 30.1 Å². The Morgan fingerprint density at radius 3 is 2.00 bits per heavy atom. The number of hydrogen-bond acceptors (Lipinski definition) is 2. The molecule has 0 bridgehead atoms. The van der Waals surface area contributed by atoms with Gasteiger partial charge in [0.25, 0.3) is 10.1 Å². The highest BCUT2D eigenvalue weighted by molar-refractivity contribution is 7.85. The van der Waals surface area contributed by atoms with Crippen LogP contribution in [0.1, 0.15) is 57.9 Å². The maximum absolute atomic E-state index is 9.19. The predicted octanol–water partition coefficient (Wildman–Crippen LogP) is 3.40. The lowest BCUT2D eigenvalue weighted by atomic mass is 10.1. The van der Waals surface area contributed by atoms with Crippen LogP contribution < -0.4 is 4.57 Å². The van der Waals surface area contributed by atoms with Gasteiger partial charge in [0.15, 0.2) is 12.4 Å². The number of aromatic nitrogens is 1. The molecular formula is C16H30NO3S+. The summed E-state index contributed by atoms with van der Waals surface area (Å²) in [7, 11) is -3.67. The molecule has 1 aromatic heterocycles. The van der Waals surface area contributed by atoms with Gasteiger partial charge in [-0.3, -0.25) is 4.55 Å². The van der Waals surface area contributed by atoms with Crippen LogP contribution in [0.25, 0.3) is 0 Å². The first-order valence-corrected chi connectivity index (χ1v) is 9.62. The van der Waals surface area contributed by atoms with Crippen LogP contribution in [-0.2, 0) is 23.1 Å². The SMILES string of the molecule is CCCCCCC[n+]1ccc(CCC)cc1.CS(=O)(=O)O. The third kappa shape index (κ3) is 15.3. The Bertz CT molecular complexity index is 447. The summed E-state index contributed by atoms with van der Waals surface area (Å²) in [6.45, 7) is 5.67. The van der Waals surface area contributed by atoms with E-state index >= 15 is 0 Å². The molecule has 0 saturated heterocycles. The molecule has 122 valence electrons. The van der Waals surface area contributed by atoms with Gasteiger partial charge in [-0.05, 0) is 18.4 Å². The standard InChI is InChI=1S/C15H26N.CH4O3S/c1-3-5-6-7-8-12-16-13-10-15(9-4-2)11-14-16;1-5(2,3)4/h10-11,13-14H,3-9,12H2,1-2H3;1H3,(H,2,3,4)/q+1;. The fraction of sp³-hybridized carbons (Fsp3) is 0.688. The van der Waals surface area contributed by atoms with E-state index in [-0.39, 0.29) is 0 Å². The van der Waals surface area contributed by atoms with Crippen LogP contribution in [0.3, 0.4) is 0 Å². The molecule has 0 aliphatic rings. The summed E-state index contributed by atoms with van der Waals surface area (Å²) in [6, 6.07) is 4.52. The van der Waals surface area contributed by atoms with E-state index < -0.39 is 10.1 Å². The molecule has 0 aliphatic carbocycles. The Morgan fingerprint density at radius 2 is 1.52 bits per heavy atom. The van der Waals surface area contributed by atoms with Crippen LogP contribution >= 0.6 is 0 Å². The van der Waals surface area contributed by atoms with Crippen molar-refractivity contribution in [1.82, 2.24) is 0 Å². The maximum atomic E-state index is 9.19. The highest BCUT2D eigenvalue weighted by Crippen LogP contribution is 2.03. The molecule has 0 aliphatic heterocycles. The zero-order chi connectivity index (χ0) is 16.1. The molecule has 0 unspecified atom stereocenters. The van der Waals surface area contributed by atoms with Crippen LogP contribution in [0.2, 0.25) is 0 Å². The zero-order valence-electron chi connectivity index (χ0n) is 13.6. The lowest BCUT2D eigenvalue weighted by molar-refractivity contribution is -0.697. The minimum absolute atomic E-state index is 0.715. The Balaban J connectivity index is 0.000000690. The van der Waals surface area contributed by atoms with Gasteiger partial charge in [0, 0.05) is 18.6 Å². The summed E-state index contributed by atoms with van der Waals surface area (Å²) >= 11 is 0. The molecule has 1 N–H and O–H groups in total. The Morgan fingerprint density at radius 1 is 1.00 bits per heavy atom. The van der Waals surface area contributed by atoms with E-state index in [9.17, 15) is 8.42 Å². The Kier molecular flexibility index (Phi) is 11.2. The molecule has 0 saturated carbocycles. The Hall–Kier alpha value is -0.940. The topological polar surface area (TPSA) is 58.2 Å². The quantitative estimate of drug-likeness (QED) is 0.454. The molecule has 4 nitrogen and oxygen atoms in total. The van der Waals surface area contributed by atoms with Gasteiger partial charge in [-0.1, -0.05) is 39.5 Å². The molecular weight excluding hydrogens is 286 g/mol. The first-order chi connectivity index (χ1) is 9.86. The van der Waals surface area contributed by atoms with Gasteiger partial charge in [-0.25, -0.2) is 4.57 Å². The fourth-order valence-corrected chi connectivity index (χ4v) is 1.99. The second-order valence-corrected chi connectivity index (χ2v) is 6.81. The number of nitrogens with zero attached hydrogens (tertiary/aromatic N) is 1. The summed E-state index contributed by atoms with van der Waals surface area (Å²) in [4.78, 5) is 0. The normalized spacial score (nSPS) is 10.9. The third-order valence-electron chi connectivity index (χ3n) is 3.02. The number of rotatable bonds is 8. The minimum Gasteiger partial charge on any atom is -0.286 e. The van der Waals surface area contributed by atoms with E-state index in [1.54, 1.807) is 0 Å². The molecule has 0 atom stereocenters.